The molecule has 0 radical (unpaired) electrons. The molecule has 0 atom stereocenters. The van der Waals surface area contributed by atoms with Crippen LogP contribution in [0.1, 0.15) is 51.4 Å². The zero-order valence-electron chi connectivity index (χ0n) is 19.6. The third kappa shape index (κ3) is 6.60. The average molecular weight is 544 g/mol. The second-order valence-electron chi connectivity index (χ2n) is 8.80. The van der Waals surface area contributed by atoms with E-state index in [-0.39, 0.29) is 0 Å². The standard InChI is InChI=1S/C30H37BrClP/c31-26-18-7-5-3-1-2-4-6-8-19-27-33(32,28-20-12-9-13-21-28,29-22-14-10-15-23-29)30-24-16-11-17-25-30/h8-17,19-25H,1-7,18,26-27H2. The fourth-order valence-corrected chi connectivity index (χ4v) is 10.7. The van der Waals surface area contributed by atoms with Crippen molar-refractivity contribution in [3.8, 4) is 0 Å². The van der Waals surface area contributed by atoms with Crippen LogP contribution in [0.4, 0.5) is 0 Å². The maximum atomic E-state index is 8.07. The van der Waals surface area contributed by atoms with Crippen LogP contribution in [-0.2, 0) is 0 Å². The number of hydrogen-bond donors (Lipinski definition) is 0. The summed E-state index contributed by atoms with van der Waals surface area (Å²) < 4.78 is 0. The summed E-state index contributed by atoms with van der Waals surface area (Å²) in [5.74, 6) is -3.15. The Morgan fingerprint density at radius 1 is 0.545 bits per heavy atom. The van der Waals surface area contributed by atoms with Crippen molar-refractivity contribution in [2.75, 3.05) is 11.5 Å². The first-order valence-corrected chi connectivity index (χ1v) is 16.8. The summed E-state index contributed by atoms with van der Waals surface area (Å²) in [4.78, 5) is 0. The van der Waals surface area contributed by atoms with E-state index in [1.54, 1.807) is 0 Å². The zero-order chi connectivity index (χ0) is 23.3. The van der Waals surface area contributed by atoms with E-state index in [2.05, 4.69) is 119 Å². The molecule has 0 amide bonds. The number of alkyl halides is 1. The van der Waals surface area contributed by atoms with Crippen LogP contribution in [0.2, 0.25) is 0 Å². The minimum atomic E-state index is -3.15. The maximum absolute atomic E-state index is 8.07. The van der Waals surface area contributed by atoms with E-state index in [0.29, 0.717) is 0 Å². The Morgan fingerprint density at radius 3 is 1.36 bits per heavy atom. The van der Waals surface area contributed by atoms with E-state index in [4.69, 9.17) is 11.2 Å². The summed E-state index contributed by atoms with van der Waals surface area (Å²) in [7, 11) is 0. The van der Waals surface area contributed by atoms with Crippen LogP contribution in [0.3, 0.4) is 0 Å². The molecule has 0 saturated carbocycles. The third-order valence-corrected chi connectivity index (χ3v) is 14.3. The van der Waals surface area contributed by atoms with Crippen LogP contribution in [0, 0.1) is 0 Å². The Balaban J connectivity index is 1.79. The molecule has 3 aromatic carbocycles. The van der Waals surface area contributed by atoms with Crippen LogP contribution >= 0.6 is 33.1 Å². The molecule has 0 fully saturated rings. The molecule has 3 heteroatoms. The van der Waals surface area contributed by atoms with E-state index >= 15 is 0 Å². The molecule has 0 spiro atoms. The Bertz CT molecular complexity index is 857. The van der Waals surface area contributed by atoms with Gasteiger partial charge in [-0.3, -0.25) is 0 Å². The Kier molecular flexibility index (Phi) is 10.7. The van der Waals surface area contributed by atoms with E-state index in [0.717, 1.165) is 17.9 Å². The minimum absolute atomic E-state index is 0.831. The molecule has 176 valence electrons. The van der Waals surface area contributed by atoms with Crippen LogP contribution in [0.25, 0.3) is 0 Å². The van der Waals surface area contributed by atoms with Crippen molar-refractivity contribution in [2.45, 2.75) is 51.4 Å². The van der Waals surface area contributed by atoms with Crippen molar-refractivity contribution in [3.05, 3.63) is 103 Å². The normalized spacial score (nSPS) is 13.1. The molecule has 0 heterocycles. The van der Waals surface area contributed by atoms with Crippen molar-refractivity contribution in [2.24, 2.45) is 0 Å². The van der Waals surface area contributed by atoms with Gasteiger partial charge >= 0.3 is 199 Å². The summed E-state index contributed by atoms with van der Waals surface area (Å²) in [6, 6.07) is 32.2. The van der Waals surface area contributed by atoms with E-state index < -0.39 is 5.96 Å². The molecular weight excluding hydrogens is 507 g/mol. The molecule has 3 rings (SSSR count). The van der Waals surface area contributed by atoms with Crippen LogP contribution < -0.4 is 15.9 Å². The van der Waals surface area contributed by atoms with Gasteiger partial charge in [0.15, 0.2) is 0 Å². The quantitative estimate of drug-likeness (QED) is 0.0825. The Labute approximate surface area is 214 Å². The van der Waals surface area contributed by atoms with Crippen LogP contribution in [0.5, 0.6) is 0 Å². The van der Waals surface area contributed by atoms with Crippen molar-refractivity contribution in [3.63, 3.8) is 0 Å². The number of unbranched alkanes of at least 4 members (excludes halogenated alkanes) is 7. The molecule has 0 saturated heterocycles. The molecule has 0 aliphatic carbocycles. The summed E-state index contributed by atoms with van der Waals surface area (Å²) >= 11 is 11.6. The molecule has 0 aliphatic heterocycles. The van der Waals surface area contributed by atoms with Gasteiger partial charge in [-0.15, -0.1) is 0 Å². The Hall–Kier alpha value is -1.40. The van der Waals surface area contributed by atoms with Crippen LogP contribution in [0.15, 0.2) is 103 Å². The van der Waals surface area contributed by atoms with Gasteiger partial charge < -0.3 is 0 Å². The fraction of sp³-hybridized carbons (Fsp3) is 0.333. The molecule has 0 N–H and O–H groups in total. The molecule has 3 aromatic rings. The predicted molar refractivity (Wildman–Crippen MR) is 156 cm³/mol. The molecule has 0 unspecified atom stereocenters. The van der Waals surface area contributed by atoms with Gasteiger partial charge in [-0.1, -0.05) is 15.9 Å². The topological polar surface area (TPSA) is 0 Å². The number of halogens is 2. The summed E-state index contributed by atoms with van der Waals surface area (Å²) in [6.45, 7) is 0. The Morgan fingerprint density at radius 2 is 0.939 bits per heavy atom. The van der Waals surface area contributed by atoms with E-state index in [1.807, 2.05) is 0 Å². The van der Waals surface area contributed by atoms with Gasteiger partial charge in [0, 0.05) is 0 Å². The summed E-state index contributed by atoms with van der Waals surface area (Å²) in [5.41, 5.74) is 0. The van der Waals surface area contributed by atoms with Gasteiger partial charge in [0.2, 0.25) is 0 Å². The fourth-order valence-electron chi connectivity index (χ4n) is 4.61. The molecule has 33 heavy (non-hydrogen) atoms. The van der Waals surface area contributed by atoms with Crippen molar-refractivity contribution in [1.29, 1.82) is 0 Å². The van der Waals surface area contributed by atoms with Crippen LogP contribution in [-0.4, -0.2) is 11.5 Å². The zero-order valence-corrected chi connectivity index (χ0v) is 22.8. The van der Waals surface area contributed by atoms with E-state index in [1.165, 1.54) is 60.9 Å². The molecule has 0 aliphatic rings. The van der Waals surface area contributed by atoms with Gasteiger partial charge in [0.1, 0.15) is 0 Å². The molecule has 0 aromatic heterocycles. The monoisotopic (exact) mass is 542 g/mol. The number of allylic oxidation sites excluding steroid dienone is 2. The predicted octanol–water partition coefficient (Wildman–Crippen LogP) is 8.74. The van der Waals surface area contributed by atoms with Crippen molar-refractivity contribution >= 4 is 49.0 Å². The van der Waals surface area contributed by atoms with Gasteiger partial charge in [-0.25, -0.2) is 0 Å². The van der Waals surface area contributed by atoms with Gasteiger partial charge in [0.05, 0.1) is 0 Å². The van der Waals surface area contributed by atoms with Gasteiger partial charge in [-0.2, -0.15) is 0 Å². The van der Waals surface area contributed by atoms with Crippen molar-refractivity contribution in [1.82, 2.24) is 0 Å². The first kappa shape index (κ1) is 26.2. The van der Waals surface area contributed by atoms with Gasteiger partial charge in [0.25, 0.3) is 0 Å². The first-order chi connectivity index (χ1) is 16.2. The summed E-state index contributed by atoms with van der Waals surface area (Å²) in [6.07, 6.45) is 16.0. The SMILES string of the molecule is ClP(CC=CCCCCCCCCCBr)(c1ccccc1)(c1ccccc1)c1ccccc1. The number of rotatable bonds is 14. The first-order valence-electron chi connectivity index (χ1n) is 12.3. The average Bonchev–Trinajstić information content (AvgIpc) is 2.89. The number of benzene rings is 3. The third-order valence-electron chi connectivity index (χ3n) is 6.50. The summed E-state index contributed by atoms with van der Waals surface area (Å²) in [5, 5.41) is 4.83. The van der Waals surface area contributed by atoms with Crippen molar-refractivity contribution < 1.29 is 0 Å². The molecule has 0 nitrogen and oxygen atoms in total. The van der Waals surface area contributed by atoms with E-state index in [9.17, 15) is 0 Å². The van der Waals surface area contributed by atoms with Gasteiger partial charge in [-0.05, 0) is 0 Å². The molecule has 0 bridgehead atoms. The number of hydrogen-bond acceptors (Lipinski definition) is 0. The second kappa shape index (κ2) is 13.5. The second-order valence-corrected chi connectivity index (χ2v) is 16.1. The molecular formula is C30H37BrClP.